The van der Waals surface area contributed by atoms with Gasteiger partial charge in [0.05, 0.1) is 18.4 Å². The van der Waals surface area contributed by atoms with E-state index < -0.39 is 0 Å². The third-order valence-corrected chi connectivity index (χ3v) is 3.36. The predicted molar refractivity (Wildman–Crippen MR) is 64.6 cm³/mol. The van der Waals surface area contributed by atoms with Crippen LogP contribution in [0.2, 0.25) is 0 Å². The summed E-state index contributed by atoms with van der Waals surface area (Å²) in [5, 5.41) is 13.8. The van der Waals surface area contributed by atoms with Gasteiger partial charge in [0.1, 0.15) is 5.75 Å². The molecule has 2 aromatic rings. The van der Waals surface area contributed by atoms with Crippen LogP contribution in [0.5, 0.6) is 5.75 Å². The molecule has 17 heavy (non-hydrogen) atoms. The Morgan fingerprint density at radius 1 is 1.12 bits per heavy atom. The zero-order valence-electron chi connectivity index (χ0n) is 9.58. The van der Waals surface area contributed by atoms with E-state index in [0.717, 1.165) is 11.1 Å². The molecule has 4 heteroatoms. The van der Waals surface area contributed by atoms with Crippen LogP contribution < -0.4 is 0 Å². The highest BCUT2D eigenvalue weighted by Gasteiger charge is 2.17. The van der Waals surface area contributed by atoms with Crippen molar-refractivity contribution in [1.29, 1.82) is 0 Å². The number of aromatic nitrogens is 3. The number of rotatable bonds is 2. The summed E-state index contributed by atoms with van der Waals surface area (Å²) in [5.74, 6) is 0.191. The summed E-state index contributed by atoms with van der Waals surface area (Å²) in [6, 6.07) is 2.26. The summed E-state index contributed by atoms with van der Waals surface area (Å²) in [5.41, 5.74) is 1.93. The maximum absolute atomic E-state index is 9.40. The van der Waals surface area contributed by atoms with Gasteiger partial charge in [-0.15, -0.1) is 0 Å². The normalized spacial score (nSPS) is 16.5. The van der Waals surface area contributed by atoms with Gasteiger partial charge in [0.25, 0.3) is 0 Å². The summed E-state index contributed by atoms with van der Waals surface area (Å²) >= 11 is 0. The average Bonchev–Trinajstić information content (AvgIpc) is 3.00. The van der Waals surface area contributed by atoms with E-state index in [1.807, 2.05) is 17.1 Å². The molecule has 1 aliphatic carbocycles. The van der Waals surface area contributed by atoms with Gasteiger partial charge in [-0.25, -0.2) is 0 Å². The van der Waals surface area contributed by atoms with Crippen molar-refractivity contribution in [1.82, 2.24) is 14.8 Å². The molecule has 0 saturated heterocycles. The number of nitrogens with zero attached hydrogens (tertiary/aromatic N) is 3. The van der Waals surface area contributed by atoms with Crippen molar-refractivity contribution in [3.05, 3.63) is 30.9 Å². The molecule has 0 amide bonds. The molecule has 3 rings (SSSR count). The molecule has 1 fully saturated rings. The van der Waals surface area contributed by atoms with Crippen LogP contribution in [-0.4, -0.2) is 19.9 Å². The van der Waals surface area contributed by atoms with Gasteiger partial charge in [0, 0.05) is 23.5 Å². The lowest BCUT2D eigenvalue weighted by molar-refractivity contribution is 0.467. The van der Waals surface area contributed by atoms with Gasteiger partial charge in [0.2, 0.25) is 0 Å². The predicted octanol–water partition coefficient (Wildman–Crippen LogP) is 2.77. The Bertz CT molecular complexity index is 515. The second kappa shape index (κ2) is 4.20. The first kappa shape index (κ1) is 10.3. The van der Waals surface area contributed by atoms with Crippen molar-refractivity contribution in [3.8, 4) is 16.9 Å². The molecule has 1 saturated carbocycles. The lowest BCUT2D eigenvalue weighted by atomic mass is 10.1. The highest BCUT2D eigenvalue weighted by atomic mass is 16.3. The summed E-state index contributed by atoms with van der Waals surface area (Å²) in [6.45, 7) is 0. The Morgan fingerprint density at radius 3 is 2.71 bits per heavy atom. The van der Waals surface area contributed by atoms with E-state index in [0.29, 0.717) is 6.04 Å². The Hall–Kier alpha value is -1.84. The molecular formula is C13H15N3O. The van der Waals surface area contributed by atoms with Gasteiger partial charge in [-0.05, 0) is 18.9 Å². The average molecular weight is 229 g/mol. The van der Waals surface area contributed by atoms with Crippen LogP contribution in [0.1, 0.15) is 31.7 Å². The first-order chi connectivity index (χ1) is 8.33. The standard InChI is InChI=1S/C13H15N3O/c17-13-5-10(6-14-8-13)11-7-15-16(9-11)12-3-1-2-4-12/h5-9,12,17H,1-4H2. The molecule has 0 aliphatic heterocycles. The summed E-state index contributed by atoms with van der Waals surface area (Å²) < 4.78 is 2.05. The lowest BCUT2D eigenvalue weighted by Gasteiger charge is -2.08. The monoisotopic (exact) mass is 229 g/mol. The number of pyridine rings is 1. The van der Waals surface area contributed by atoms with Crippen molar-refractivity contribution >= 4 is 0 Å². The molecule has 1 N–H and O–H groups in total. The van der Waals surface area contributed by atoms with E-state index in [2.05, 4.69) is 10.1 Å². The van der Waals surface area contributed by atoms with Gasteiger partial charge in [0.15, 0.2) is 0 Å². The van der Waals surface area contributed by atoms with Gasteiger partial charge < -0.3 is 5.11 Å². The van der Waals surface area contributed by atoms with Crippen LogP contribution in [0.3, 0.4) is 0 Å². The van der Waals surface area contributed by atoms with Crippen LogP contribution in [0.15, 0.2) is 30.9 Å². The van der Waals surface area contributed by atoms with Gasteiger partial charge >= 0.3 is 0 Å². The fraction of sp³-hybridized carbons (Fsp3) is 0.385. The molecule has 0 atom stereocenters. The molecule has 0 aromatic carbocycles. The highest BCUT2D eigenvalue weighted by molar-refractivity contribution is 5.61. The fourth-order valence-electron chi connectivity index (χ4n) is 2.44. The first-order valence-electron chi connectivity index (χ1n) is 6.01. The smallest absolute Gasteiger partial charge is 0.134 e. The zero-order valence-corrected chi connectivity index (χ0v) is 9.58. The SMILES string of the molecule is Oc1cncc(-c2cnn(C3CCCC3)c2)c1. The summed E-state index contributed by atoms with van der Waals surface area (Å²) in [6.07, 6.45) is 12.1. The van der Waals surface area contributed by atoms with E-state index in [1.165, 1.54) is 31.9 Å². The van der Waals surface area contributed by atoms with E-state index >= 15 is 0 Å². The van der Waals surface area contributed by atoms with Crippen LogP contribution >= 0.6 is 0 Å². The van der Waals surface area contributed by atoms with Crippen LogP contribution in [0, 0.1) is 0 Å². The first-order valence-corrected chi connectivity index (χ1v) is 6.01. The van der Waals surface area contributed by atoms with E-state index in [-0.39, 0.29) is 5.75 Å². The van der Waals surface area contributed by atoms with E-state index in [4.69, 9.17) is 0 Å². The largest absolute Gasteiger partial charge is 0.506 e. The van der Waals surface area contributed by atoms with E-state index in [9.17, 15) is 5.11 Å². The summed E-state index contributed by atoms with van der Waals surface area (Å²) in [4.78, 5) is 3.98. The maximum atomic E-state index is 9.40. The Labute approximate surface area is 99.9 Å². The molecule has 0 bridgehead atoms. The van der Waals surface area contributed by atoms with Crippen molar-refractivity contribution in [2.45, 2.75) is 31.7 Å². The van der Waals surface area contributed by atoms with E-state index in [1.54, 1.807) is 12.3 Å². The molecule has 4 nitrogen and oxygen atoms in total. The minimum absolute atomic E-state index is 0.191. The van der Waals surface area contributed by atoms with Gasteiger partial charge in [-0.1, -0.05) is 12.8 Å². The molecule has 0 spiro atoms. The lowest BCUT2D eigenvalue weighted by Crippen LogP contribution is -2.04. The molecular weight excluding hydrogens is 214 g/mol. The molecule has 0 radical (unpaired) electrons. The van der Waals surface area contributed by atoms with Gasteiger partial charge in [-0.2, -0.15) is 5.10 Å². The van der Waals surface area contributed by atoms with Crippen LogP contribution in [-0.2, 0) is 0 Å². The van der Waals surface area contributed by atoms with Crippen LogP contribution in [0.25, 0.3) is 11.1 Å². The minimum atomic E-state index is 0.191. The number of hydrogen-bond acceptors (Lipinski definition) is 3. The Morgan fingerprint density at radius 2 is 1.94 bits per heavy atom. The quantitative estimate of drug-likeness (QED) is 0.861. The third-order valence-electron chi connectivity index (χ3n) is 3.36. The fourth-order valence-corrected chi connectivity index (χ4v) is 2.44. The third kappa shape index (κ3) is 2.02. The van der Waals surface area contributed by atoms with Crippen molar-refractivity contribution < 1.29 is 5.11 Å². The van der Waals surface area contributed by atoms with Crippen molar-refractivity contribution in [2.75, 3.05) is 0 Å². The summed E-state index contributed by atoms with van der Waals surface area (Å²) in [7, 11) is 0. The van der Waals surface area contributed by atoms with Gasteiger partial charge in [-0.3, -0.25) is 9.67 Å². The maximum Gasteiger partial charge on any atom is 0.134 e. The second-order valence-electron chi connectivity index (χ2n) is 4.58. The topological polar surface area (TPSA) is 50.9 Å². The molecule has 1 aliphatic rings. The Kier molecular flexibility index (Phi) is 2.55. The van der Waals surface area contributed by atoms with Crippen molar-refractivity contribution in [3.63, 3.8) is 0 Å². The Balaban J connectivity index is 1.89. The minimum Gasteiger partial charge on any atom is -0.506 e. The zero-order chi connectivity index (χ0) is 11.7. The van der Waals surface area contributed by atoms with Crippen LogP contribution in [0.4, 0.5) is 0 Å². The highest BCUT2D eigenvalue weighted by Crippen LogP contribution is 2.30. The molecule has 0 unspecified atom stereocenters. The number of aromatic hydroxyl groups is 1. The molecule has 2 heterocycles. The van der Waals surface area contributed by atoms with Crippen molar-refractivity contribution in [2.24, 2.45) is 0 Å². The number of hydrogen-bond donors (Lipinski definition) is 1. The second-order valence-corrected chi connectivity index (χ2v) is 4.58. The molecule has 88 valence electrons. The molecule has 2 aromatic heterocycles.